The summed E-state index contributed by atoms with van der Waals surface area (Å²) in [7, 11) is 0. The number of nitrogens with one attached hydrogen (secondary N) is 1. The number of aromatic nitrogens is 2. The van der Waals surface area contributed by atoms with Crippen molar-refractivity contribution in [1.29, 1.82) is 0 Å². The number of thioether (sulfide) groups is 1. The number of rotatable bonds is 6. The summed E-state index contributed by atoms with van der Waals surface area (Å²) in [4.78, 5) is 4.27. The lowest BCUT2D eigenvalue weighted by molar-refractivity contribution is -0.0327. The van der Waals surface area contributed by atoms with Gasteiger partial charge in [0.05, 0.1) is 11.9 Å². The van der Waals surface area contributed by atoms with E-state index in [4.69, 9.17) is 0 Å². The molecule has 0 radical (unpaired) electrons. The fraction of sp³-hybridized carbons (Fsp3) is 0.357. The van der Waals surface area contributed by atoms with Crippen LogP contribution in [0.4, 0.5) is 13.2 Å². The molecule has 0 spiro atoms. The third-order valence-corrected chi connectivity index (χ3v) is 3.61. The zero-order valence-corrected chi connectivity index (χ0v) is 12.3. The lowest BCUT2D eigenvalue weighted by Crippen LogP contribution is -2.20. The number of nitrogens with zero attached hydrogens (tertiary/aromatic N) is 2. The minimum Gasteiger partial charge on any atom is -0.310 e. The molecule has 0 aliphatic rings. The normalized spacial score (nSPS) is 11.8. The van der Waals surface area contributed by atoms with E-state index in [0.717, 1.165) is 17.2 Å². The highest BCUT2D eigenvalue weighted by molar-refractivity contribution is 8.00. The van der Waals surface area contributed by atoms with E-state index in [1.54, 1.807) is 6.20 Å². The van der Waals surface area contributed by atoms with Crippen LogP contribution in [0.15, 0.2) is 36.5 Å². The number of halogens is 3. The fourth-order valence-corrected chi connectivity index (χ4v) is 2.48. The monoisotopic (exact) mass is 315 g/mol. The van der Waals surface area contributed by atoms with Crippen LogP contribution >= 0.6 is 11.8 Å². The van der Waals surface area contributed by atoms with Crippen molar-refractivity contribution in [3.05, 3.63) is 48.0 Å². The molecule has 0 saturated heterocycles. The molecule has 3 nitrogen and oxygen atoms in total. The Kier molecular flexibility index (Phi) is 5.30. The lowest BCUT2D eigenvalue weighted by atomic mass is 10.3. The van der Waals surface area contributed by atoms with Gasteiger partial charge in [0.25, 0.3) is 0 Å². The molecule has 114 valence electrons. The lowest BCUT2D eigenvalue weighted by Gasteiger charge is -2.11. The Morgan fingerprint density at radius 1 is 1.24 bits per heavy atom. The first-order valence-electron chi connectivity index (χ1n) is 6.47. The van der Waals surface area contributed by atoms with Gasteiger partial charge >= 0.3 is 5.51 Å². The van der Waals surface area contributed by atoms with Gasteiger partial charge in [-0.15, -0.1) is 0 Å². The summed E-state index contributed by atoms with van der Waals surface area (Å²) in [5.41, 5.74) is -2.24. The smallest absolute Gasteiger partial charge is 0.310 e. The second kappa shape index (κ2) is 7.00. The van der Waals surface area contributed by atoms with E-state index in [1.807, 2.05) is 41.8 Å². The van der Waals surface area contributed by atoms with Crippen LogP contribution in [0.2, 0.25) is 0 Å². The quantitative estimate of drug-likeness (QED) is 0.827. The molecule has 0 atom stereocenters. The Bertz CT molecular complexity index is 567. The van der Waals surface area contributed by atoms with Gasteiger partial charge in [-0.25, -0.2) is 4.98 Å². The second-order valence-corrected chi connectivity index (χ2v) is 5.60. The van der Waals surface area contributed by atoms with Crippen molar-refractivity contribution < 1.29 is 13.2 Å². The predicted molar refractivity (Wildman–Crippen MR) is 78.5 cm³/mol. The third-order valence-electron chi connectivity index (χ3n) is 2.88. The SMILES string of the molecule is Cc1ncc(CNCCSC(F)(F)F)n1-c1ccccc1. The molecule has 0 amide bonds. The van der Waals surface area contributed by atoms with Crippen LogP contribution in [0.3, 0.4) is 0 Å². The molecule has 0 aliphatic heterocycles. The number of para-hydroxylation sites is 1. The Morgan fingerprint density at radius 2 is 1.95 bits per heavy atom. The number of alkyl halides is 3. The van der Waals surface area contributed by atoms with Gasteiger partial charge in [-0.2, -0.15) is 13.2 Å². The number of hydrogen-bond acceptors (Lipinski definition) is 3. The Labute approximate surface area is 125 Å². The number of benzene rings is 1. The molecule has 0 bridgehead atoms. The predicted octanol–water partition coefficient (Wildman–Crippen LogP) is 3.52. The molecule has 2 aromatic rings. The van der Waals surface area contributed by atoms with Gasteiger partial charge in [0.1, 0.15) is 5.82 Å². The van der Waals surface area contributed by atoms with Crippen molar-refractivity contribution in [3.8, 4) is 5.69 Å². The average Bonchev–Trinajstić information content (AvgIpc) is 2.79. The first kappa shape index (κ1) is 15.9. The van der Waals surface area contributed by atoms with Gasteiger partial charge in [0.2, 0.25) is 0 Å². The molecular weight excluding hydrogens is 299 g/mol. The van der Waals surface area contributed by atoms with E-state index < -0.39 is 5.51 Å². The Balaban J connectivity index is 1.93. The van der Waals surface area contributed by atoms with Gasteiger partial charge < -0.3 is 5.32 Å². The maximum Gasteiger partial charge on any atom is 0.441 e. The van der Waals surface area contributed by atoms with E-state index in [-0.39, 0.29) is 17.5 Å². The molecule has 1 aromatic heterocycles. The van der Waals surface area contributed by atoms with Crippen molar-refractivity contribution in [2.45, 2.75) is 19.0 Å². The maximum atomic E-state index is 12.0. The van der Waals surface area contributed by atoms with E-state index in [1.165, 1.54) is 0 Å². The molecular formula is C14H16F3N3S. The third kappa shape index (κ3) is 4.78. The molecule has 1 aromatic carbocycles. The standard InChI is InChI=1S/C14H16F3N3S/c1-11-19-10-13(9-18-7-8-21-14(15,16)17)20(11)12-5-3-2-4-6-12/h2-6,10,18H,7-9H2,1H3. The highest BCUT2D eigenvalue weighted by Crippen LogP contribution is 2.29. The molecule has 0 saturated carbocycles. The zero-order valence-electron chi connectivity index (χ0n) is 11.5. The van der Waals surface area contributed by atoms with Gasteiger partial charge in [-0.1, -0.05) is 18.2 Å². The van der Waals surface area contributed by atoms with Crippen LogP contribution in [0.1, 0.15) is 11.5 Å². The van der Waals surface area contributed by atoms with E-state index in [0.29, 0.717) is 13.1 Å². The Morgan fingerprint density at radius 3 is 2.62 bits per heavy atom. The Hall–Kier alpha value is -1.47. The van der Waals surface area contributed by atoms with Gasteiger partial charge in [0.15, 0.2) is 0 Å². The zero-order chi connectivity index (χ0) is 15.3. The van der Waals surface area contributed by atoms with E-state index in [2.05, 4.69) is 10.3 Å². The van der Waals surface area contributed by atoms with Crippen LogP contribution in [-0.4, -0.2) is 27.4 Å². The maximum absolute atomic E-state index is 12.0. The van der Waals surface area contributed by atoms with Crippen LogP contribution in [0.25, 0.3) is 5.69 Å². The molecule has 1 N–H and O–H groups in total. The van der Waals surface area contributed by atoms with Gasteiger partial charge in [0, 0.05) is 24.5 Å². The summed E-state index contributed by atoms with van der Waals surface area (Å²) >= 11 is -0.0104. The molecule has 2 rings (SSSR count). The summed E-state index contributed by atoms with van der Waals surface area (Å²) in [6, 6.07) is 9.75. The van der Waals surface area contributed by atoms with Crippen LogP contribution < -0.4 is 5.32 Å². The first-order chi connectivity index (χ1) is 9.97. The average molecular weight is 315 g/mol. The van der Waals surface area contributed by atoms with E-state index >= 15 is 0 Å². The number of imidazole rings is 1. The molecule has 7 heteroatoms. The second-order valence-electron chi connectivity index (χ2n) is 4.44. The van der Waals surface area contributed by atoms with Crippen molar-refractivity contribution >= 4 is 11.8 Å². The van der Waals surface area contributed by atoms with Crippen molar-refractivity contribution in [1.82, 2.24) is 14.9 Å². The molecule has 0 fully saturated rings. The largest absolute Gasteiger partial charge is 0.441 e. The van der Waals surface area contributed by atoms with Crippen LogP contribution in [0, 0.1) is 6.92 Å². The molecule has 0 aliphatic carbocycles. The summed E-state index contributed by atoms with van der Waals surface area (Å²) in [6.45, 7) is 2.67. The molecule has 1 heterocycles. The highest BCUT2D eigenvalue weighted by atomic mass is 32.2. The van der Waals surface area contributed by atoms with Crippen LogP contribution in [0.5, 0.6) is 0 Å². The fourth-order valence-electron chi connectivity index (χ4n) is 2.00. The van der Waals surface area contributed by atoms with Crippen molar-refractivity contribution in [2.75, 3.05) is 12.3 Å². The first-order valence-corrected chi connectivity index (χ1v) is 7.46. The molecule has 21 heavy (non-hydrogen) atoms. The summed E-state index contributed by atoms with van der Waals surface area (Å²) < 4.78 is 38.0. The van der Waals surface area contributed by atoms with E-state index in [9.17, 15) is 13.2 Å². The van der Waals surface area contributed by atoms with Gasteiger partial charge in [-0.3, -0.25) is 4.57 Å². The summed E-state index contributed by atoms with van der Waals surface area (Å²) in [6.07, 6.45) is 1.74. The summed E-state index contributed by atoms with van der Waals surface area (Å²) in [5, 5.41) is 3.02. The summed E-state index contributed by atoms with van der Waals surface area (Å²) in [5.74, 6) is 0.852. The topological polar surface area (TPSA) is 29.9 Å². The van der Waals surface area contributed by atoms with Crippen LogP contribution in [-0.2, 0) is 6.54 Å². The highest BCUT2D eigenvalue weighted by Gasteiger charge is 2.27. The molecule has 0 unspecified atom stereocenters. The number of aryl methyl sites for hydroxylation is 1. The van der Waals surface area contributed by atoms with Gasteiger partial charge in [-0.05, 0) is 30.8 Å². The van der Waals surface area contributed by atoms with Crippen molar-refractivity contribution in [3.63, 3.8) is 0 Å². The van der Waals surface area contributed by atoms with Crippen molar-refractivity contribution in [2.24, 2.45) is 0 Å². The minimum absolute atomic E-state index is 0.00194. The number of hydrogen-bond donors (Lipinski definition) is 1. The minimum atomic E-state index is -4.16.